The Morgan fingerprint density at radius 2 is 1.93 bits per heavy atom. The number of benzene rings is 1. The highest BCUT2D eigenvalue weighted by Gasteiger charge is 2.19. The van der Waals surface area contributed by atoms with Crippen molar-refractivity contribution in [3.05, 3.63) is 46.1 Å². The average molecular weight is 410 g/mol. The lowest BCUT2D eigenvalue weighted by atomic mass is 10.2. The minimum Gasteiger partial charge on any atom is -0.493 e. The summed E-state index contributed by atoms with van der Waals surface area (Å²) in [6.07, 6.45) is 3.93. The number of aromatic nitrogens is 3. The summed E-state index contributed by atoms with van der Waals surface area (Å²) in [4.78, 5) is 30.7. The van der Waals surface area contributed by atoms with Crippen LogP contribution in [0.2, 0.25) is 0 Å². The molecule has 1 aromatic carbocycles. The lowest BCUT2D eigenvalue weighted by Gasteiger charge is -2.13. The summed E-state index contributed by atoms with van der Waals surface area (Å²) in [5.74, 6) is 1.73. The van der Waals surface area contributed by atoms with Crippen molar-refractivity contribution < 1.29 is 14.3 Å². The van der Waals surface area contributed by atoms with Crippen molar-refractivity contribution in [1.29, 1.82) is 0 Å². The summed E-state index contributed by atoms with van der Waals surface area (Å²) < 4.78 is 14.0. The van der Waals surface area contributed by atoms with Gasteiger partial charge in [0.1, 0.15) is 17.9 Å². The molecule has 3 heterocycles. The van der Waals surface area contributed by atoms with Gasteiger partial charge < -0.3 is 19.4 Å². The van der Waals surface area contributed by atoms with Gasteiger partial charge in [0, 0.05) is 30.4 Å². The number of amides is 1. The summed E-state index contributed by atoms with van der Waals surface area (Å²) in [5, 5.41) is 2.87. The Kier molecular flexibility index (Phi) is 5.48. The van der Waals surface area contributed by atoms with Gasteiger partial charge in [0.05, 0.1) is 19.7 Å². The molecule has 0 saturated heterocycles. The molecule has 0 atom stereocenters. The highest BCUT2D eigenvalue weighted by molar-refractivity contribution is 5.92. The molecular formula is C22H26N4O4. The van der Waals surface area contributed by atoms with Crippen LogP contribution < -0.4 is 20.3 Å². The molecular weight excluding hydrogens is 384 g/mol. The van der Waals surface area contributed by atoms with Gasteiger partial charge in [0.2, 0.25) is 5.91 Å². The molecule has 1 amide bonds. The zero-order valence-electron chi connectivity index (χ0n) is 17.5. The predicted molar refractivity (Wildman–Crippen MR) is 114 cm³/mol. The maximum atomic E-state index is 13.2. The number of hydrogen-bond donors (Lipinski definition) is 1. The molecule has 0 bridgehead atoms. The van der Waals surface area contributed by atoms with Gasteiger partial charge in [0.25, 0.3) is 5.56 Å². The number of methoxy groups -OCH3 is 2. The van der Waals surface area contributed by atoms with Gasteiger partial charge in [-0.15, -0.1) is 0 Å². The Morgan fingerprint density at radius 3 is 2.70 bits per heavy atom. The van der Waals surface area contributed by atoms with Crippen LogP contribution in [0.5, 0.6) is 11.5 Å². The predicted octanol–water partition coefficient (Wildman–Crippen LogP) is 2.89. The average Bonchev–Trinajstić information content (AvgIpc) is 2.90. The second-order valence-electron chi connectivity index (χ2n) is 7.52. The number of nitrogens with one attached hydrogen (secondary N) is 1. The van der Waals surface area contributed by atoms with Crippen LogP contribution in [-0.2, 0) is 24.3 Å². The number of rotatable bonds is 5. The van der Waals surface area contributed by atoms with Crippen molar-refractivity contribution in [2.45, 2.75) is 45.7 Å². The van der Waals surface area contributed by atoms with E-state index in [0.717, 1.165) is 37.2 Å². The molecule has 1 N–H and O–H groups in total. The van der Waals surface area contributed by atoms with E-state index in [-0.39, 0.29) is 18.0 Å². The maximum Gasteiger partial charge on any atom is 0.278 e. The molecule has 1 aliphatic rings. The smallest absolute Gasteiger partial charge is 0.278 e. The summed E-state index contributed by atoms with van der Waals surface area (Å²) in [7, 11) is 3.10. The minimum atomic E-state index is -0.234. The summed E-state index contributed by atoms with van der Waals surface area (Å²) in [6, 6.07) is 7.06. The van der Waals surface area contributed by atoms with E-state index in [1.807, 2.05) is 13.0 Å². The van der Waals surface area contributed by atoms with E-state index in [0.29, 0.717) is 34.8 Å². The monoisotopic (exact) mass is 410 g/mol. The van der Waals surface area contributed by atoms with Crippen LogP contribution in [0.3, 0.4) is 0 Å². The Balaban J connectivity index is 1.64. The van der Waals surface area contributed by atoms with Crippen LogP contribution in [0.4, 0.5) is 5.69 Å². The van der Waals surface area contributed by atoms with E-state index < -0.39 is 0 Å². The molecule has 30 heavy (non-hydrogen) atoms. The number of anilines is 1. The van der Waals surface area contributed by atoms with Gasteiger partial charge in [-0.25, -0.2) is 4.98 Å². The number of carbonyl (C=O) groups is 1. The van der Waals surface area contributed by atoms with Gasteiger partial charge in [-0.05, 0) is 38.0 Å². The first kappa shape index (κ1) is 20.0. The fraction of sp³-hybridized carbons (Fsp3) is 0.409. The first-order chi connectivity index (χ1) is 14.5. The quantitative estimate of drug-likeness (QED) is 0.699. The third-order valence-electron chi connectivity index (χ3n) is 5.54. The molecule has 0 unspecified atom stereocenters. The summed E-state index contributed by atoms with van der Waals surface area (Å²) in [6.45, 7) is 2.60. The largest absolute Gasteiger partial charge is 0.493 e. The zero-order valence-corrected chi connectivity index (χ0v) is 17.5. The highest BCUT2D eigenvalue weighted by Crippen LogP contribution is 2.29. The summed E-state index contributed by atoms with van der Waals surface area (Å²) in [5.41, 5.74) is 2.50. The Morgan fingerprint density at radius 1 is 1.13 bits per heavy atom. The maximum absolute atomic E-state index is 13.2. The first-order valence-electron chi connectivity index (χ1n) is 10.1. The summed E-state index contributed by atoms with van der Waals surface area (Å²) >= 11 is 0. The zero-order chi connectivity index (χ0) is 21.3. The standard InChI is InChI=1S/C22H26N4O4/c1-14-11-16-21(22(28)25-10-6-4-5-7-19(25)24-16)26(14)13-20(27)23-15-8-9-17(29-2)18(12-15)30-3/h8-9,11-12H,4-7,10,13H2,1-3H3,(H,23,27). The van der Waals surface area contributed by atoms with Crippen molar-refractivity contribution in [2.75, 3.05) is 19.5 Å². The van der Waals surface area contributed by atoms with Crippen molar-refractivity contribution in [2.24, 2.45) is 0 Å². The van der Waals surface area contributed by atoms with E-state index in [1.54, 1.807) is 41.6 Å². The number of fused-ring (bicyclic) bond motifs is 2. The Labute approximate surface area is 174 Å². The SMILES string of the molecule is COc1ccc(NC(=O)Cn2c(C)cc3nc4n(c(=O)c32)CCCCC4)cc1OC. The van der Waals surface area contributed by atoms with E-state index in [2.05, 4.69) is 5.32 Å². The third-order valence-corrected chi connectivity index (χ3v) is 5.54. The molecule has 8 nitrogen and oxygen atoms in total. The number of carbonyl (C=O) groups excluding carboxylic acids is 1. The van der Waals surface area contributed by atoms with Crippen LogP contribution in [-0.4, -0.2) is 34.2 Å². The van der Waals surface area contributed by atoms with Gasteiger partial charge in [0.15, 0.2) is 11.5 Å². The minimum absolute atomic E-state index is 0.0277. The Hall–Kier alpha value is -3.29. The van der Waals surface area contributed by atoms with Crippen LogP contribution in [0.25, 0.3) is 11.0 Å². The molecule has 0 saturated carbocycles. The van der Waals surface area contributed by atoms with Crippen LogP contribution in [0.1, 0.15) is 30.8 Å². The van der Waals surface area contributed by atoms with Crippen molar-refractivity contribution >= 4 is 22.6 Å². The second-order valence-corrected chi connectivity index (χ2v) is 7.52. The van der Waals surface area contributed by atoms with Gasteiger partial charge >= 0.3 is 0 Å². The lowest BCUT2D eigenvalue weighted by Crippen LogP contribution is -2.28. The molecule has 0 aliphatic carbocycles. The van der Waals surface area contributed by atoms with E-state index >= 15 is 0 Å². The van der Waals surface area contributed by atoms with Crippen LogP contribution in [0, 0.1) is 6.92 Å². The number of hydrogen-bond acceptors (Lipinski definition) is 5. The molecule has 158 valence electrons. The van der Waals surface area contributed by atoms with Crippen molar-refractivity contribution in [1.82, 2.24) is 14.1 Å². The van der Waals surface area contributed by atoms with Gasteiger partial charge in [-0.2, -0.15) is 0 Å². The number of ether oxygens (including phenoxy) is 2. The van der Waals surface area contributed by atoms with E-state index in [9.17, 15) is 9.59 Å². The first-order valence-corrected chi connectivity index (χ1v) is 10.1. The molecule has 0 radical (unpaired) electrons. The second kappa shape index (κ2) is 8.22. The molecule has 2 aromatic heterocycles. The van der Waals surface area contributed by atoms with Crippen molar-refractivity contribution in [3.63, 3.8) is 0 Å². The molecule has 0 spiro atoms. The normalized spacial score (nSPS) is 13.6. The number of nitrogens with zero attached hydrogens (tertiary/aromatic N) is 3. The van der Waals surface area contributed by atoms with Crippen LogP contribution in [0.15, 0.2) is 29.1 Å². The highest BCUT2D eigenvalue weighted by atomic mass is 16.5. The molecule has 0 fully saturated rings. The molecule has 4 rings (SSSR count). The molecule has 8 heteroatoms. The van der Waals surface area contributed by atoms with E-state index in [4.69, 9.17) is 14.5 Å². The molecule has 1 aliphatic heterocycles. The lowest BCUT2D eigenvalue weighted by molar-refractivity contribution is -0.116. The molecule has 3 aromatic rings. The fourth-order valence-corrected chi connectivity index (χ4v) is 4.03. The third kappa shape index (κ3) is 3.65. The van der Waals surface area contributed by atoms with Crippen LogP contribution >= 0.6 is 0 Å². The topological polar surface area (TPSA) is 87.4 Å². The van der Waals surface area contributed by atoms with Gasteiger partial charge in [-0.1, -0.05) is 6.42 Å². The van der Waals surface area contributed by atoms with Crippen molar-refractivity contribution in [3.8, 4) is 11.5 Å². The fourth-order valence-electron chi connectivity index (χ4n) is 4.03. The van der Waals surface area contributed by atoms with E-state index in [1.165, 1.54) is 0 Å². The van der Waals surface area contributed by atoms with Gasteiger partial charge in [-0.3, -0.25) is 14.2 Å². The number of aryl methyl sites for hydroxylation is 2. The Bertz CT molecular complexity index is 1160.